The molecule has 2 aliphatic rings. The van der Waals surface area contributed by atoms with Crippen LogP contribution in [0.5, 0.6) is 0 Å². The standard InChI is InChI=1S/C21H32N4O4S/c1-17-4-5-18(2)19(16-17)20(26)6-7-21(27)23-10-14-25(15-11-23)30(28,29)24-12-8-22(3)9-13-24/h4-5,16H,6-15H2,1-3H3. The molecule has 0 spiro atoms. The van der Waals surface area contributed by atoms with Crippen molar-refractivity contribution in [1.82, 2.24) is 18.4 Å². The summed E-state index contributed by atoms with van der Waals surface area (Å²) in [5, 5.41) is 0. The summed E-state index contributed by atoms with van der Waals surface area (Å²) in [4.78, 5) is 28.9. The van der Waals surface area contributed by atoms with Gasteiger partial charge in [0.15, 0.2) is 5.78 Å². The zero-order valence-electron chi connectivity index (χ0n) is 18.1. The van der Waals surface area contributed by atoms with E-state index in [1.807, 2.05) is 39.1 Å². The van der Waals surface area contributed by atoms with E-state index >= 15 is 0 Å². The quantitative estimate of drug-likeness (QED) is 0.619. The van der Waals surface area contributed by atoms with Crippen molar-refractivity contribution in [3.05, 3.63) is 34.9 Å². The zero-order valence-corrected chi connectivity index (χ0v) is 18.9. The van der Waals surface area contributed by atoms with Crippen molar-refractivity contribution in [2.24, 2.45) is 0 Å². The maximum atomic E-state index is 12.8. The third kappa shape index (κ3) is 5.26. The average Bonchev–Trinajstić information content (AvgIpc) is 2.74. The van der Waals surface area contributed by atoms with Gasteiger partial charge in [0.25, 0.3) is 10.2 Å². The largest absolute Gasteiger partial charge is 0.340 e. The number of Topliss-reactive ketones (excluding diaryl/α,β-unsaturated/α-hetero) is 1. The van der Waals surface area contributed by atoms with E-state index in [4.69, 9.17) is 0 Å². The van der Waals surface area contributed by atoms with E-state index in [-0.39, 0.29) is 24.5 Å². The molecule has 2 aliphatic heterocycles. The molecule has 2 heterocycles. The molecule has 0 aromatic heterocycles. The predicted octanol–water partition coefficient (Wildman–Crippen LogP) is 0.903. The van der Waals surface area contributed by atoms with Gasteiger partial charge in [0, 0.05) is 70.8 Å². The number of carbonyl (C=O) groups is 2. The second-order valence-corrected chi connectivity index (χ2v) is 10.2. The molecule has 1 amide bonds. The van der Waals surface area contributed by atoms with Crippen LogP contribution in [0, 0.1) is 13.8 Å². The summed E-state index contributed by atoms with van der Waals surface area (Å²) >= 11 is 0. The lowest BCUT2D eigenvalue weighted by atomic mass is 9.99. The molecule has 0 radical (unpaired) electrons. The minimum atomic E-state index is -3.48. The monoisotopic (exact) mass is 436 g/mol. The van der Waals surface area contributed by atoms with E-state index in [1.54, 1.807) is 4.90 Å². The normalized spacial score (nSPS) is 19.8. The molecule has 30 heavy (non-hydrogen) atoms. The molecule has 9 heteroatoms. The number of hydrogen-bond donors (Lipinski definition) is 0. The van der Waals surface area contributed by atoms with Crippen LogP contribution in [0.15, 0.2) is 18.2 Å². The highest BCUT2D eigenvalue weighted by atomic mass is 32.2. The van der Waals surface area contributed by atoms with Crippen molar-refractivity contribution < 1.29 is 18.0 Å². The molecule has 3 rings (SSSR count). The van der Waals surface area contributed by atoms with Gasteiger partial charge < -0.3 is 9.80 Å². The molecular weight excluding hydrogens is 404 g/mol. The number of aryl methyl sites for hydroxylation is 2. The van der Waals surface area contributed by atoms with Gasteiger partial charge in [0.1, 0.15) is 0 Å². The van der Waals surface area contributed by atoms with Crippen molar-refractivity contribution in [1.29, 1.82) is 0 Å². The summed E-state index contributed by atoms with van der Waals surface area (Å²) < 4.78 is 28.7. The number of ketones is 1. The number of rotatable bonds is 6. The molecule has 1 aromatic carbocycles. The summed E-state index contributed by atoms with van der Waals surface area (Å²) in [6, 6.07) is 5.75. The number of benzene rings is 1. The van der Waals surface area contributed by atoms with E-state index in [0.717, 1.165) is 24.2 Å². The first kappa shape index (κ1) is 22.9. The van der Waals surface area contributed by atoms with Gasteiger partial charge in [-0.1, -0.05) is 17.7 Å². The van der Waals surface area contributed by atoms with Crippen molar-refractivity contribution >= 4 is 21.9 Å². The summed E-state index contributed by atoms with van der Waals surface area (Å²) in [6.45, 7) is 7.62. The Bertz CT molecular complexity index is 886. The topological polar surface area (TPSA) is 81.2 Å². The number of amides is 1. The first-order valence-corrected chi connectivity index (χ1v) is 11.9. The van der Waals surface area contributed by atoms with Gasteiger partial charge in [-0.3, -0.25) is 9.59 Å². The number of hydrogen-bond acceptors (Lipinski definition) is 5. The predicted molar refractivity (Wildman–Crippen MR) is 116 cm³/mol. The lowest BCUT2D eigenvalue weighted by molar-refractivity contribution is -0.132. The molecule has 0 N–H and O–H groups in total. The second kappa shape index (κ2) is 9.55. The maximum Gasteiger partial charge on any atom is 0.282 e. The van der Waals surface area contributed by atoms with Gasteiger partial charge in [0.05, 0.1) is 0 Å². The summed E-state index contributed by atoms with van der Waals surface area (Å²) in [6.07, 6.45) is 0.320. The first-order chi connectivity index (χ1) is 14.2. The van der Waals surface area contributed by atoms with Crippen LogP contribution >= 0.6 is 0 Å². The van der Waals surface area contributed by atoms with Crippen LogP contribution in [0.3, 0.4) is 0 Å². The van der Waals surface area contributed by atoms with Crippen molar-refractivity contribution in [2.75, 3.05) is 59.4 Å². The zero-order chi connectivity index (χ0) is 21.9. The SMILES string of the molecule is Cc1ccc(C)c(C(=O)CCC(=O)N2CCN(S(=O)(=O)N3CCN(C)CC3)CC2)c1. The molecule has 0 atom stereocenters. The van der Waals surface area contributed by atoms with E-state index in [2.05, 4.69) is 4.90 Å². The highest BCUT2D eigenvalue weighted by Crippen LogP contribution is 2.17. The number of likely N-dealkylation sites (N-methyl/N-ethyl adjacent to an activating group) is 1. The van der Waals surface area contributed by atoms with Gasteiger partial charge in [0.2, 0.25) is 5.91 Å². The highest BCUT2D eigenvalue weighted by molar-refractivity contribution is 7.86. The van der Waals surface area contributed by atoms with Crippen LogP contribution in [0.1, 0.15) is 34.3 Å². The summed E-state index contributed by atoms with van der Waals surface area (Å²) in [7, 11) is -1.49. The molecule has 0 unspecified atom stereocenters. The fraction of sp³-hybridized carbons (Fsp3) is 0.619. The Morgan fingerprint density at radius 3 is 2.03 bits per heavy atom. The van der Waals surface area contributed by atoms with Crippen LogP contribution in [0.25, 0.3) is 0 Å². The van der Waals surface area contributed by atoms with E-state index in [0.29, 0.717) is 44.8 Å². The third-order valence-electron chi connectivity index (χ3n) is 5.97. The third-order valence-corrected chi connectivity index (χ3v) is 8.00. The minimum absolute atomic E-state index is 0.0270. The van der Waals surface area contributed by atoms with Gasteiger partial charge in [-0.05, 0) is 32.5 Å². The van der Waals surface area contributed by atoms with Crippen molar-refractivity contribution in [2.45, 2.75) is 26.7 Å². The van der Waals surface area contributed by atoms with Gasteiger partial charge in [-0.25, -0.2) is 0 Å². The number of piperazine rings is 2. The Hall–Kier alpha value is -1.81. The maximum absolute atomic E-state index is 12.8. The van der Waals surface area contributed by atoms with E-state index < -0.39 is 10.2 Å². The average molecular weight is 437 g/mol. The fourth-order valence-corrected chi connectivity index (χ4v) is 5.48. The van der Waals surface area contributed by atoms with Crippen LogP contribution < -0.4 is 0 Å². The molecule has 8 nitrogen and oxygen atoms in total. The molecule has 0 aliphatic carbocycles. The smallest absolute Gasteiger partial charge is 0.282 e. The summed E-state index contributed by atoms with van der Waals surface area (Å²) in [5.74, 6) is -0.119. The number of carbonyl (C=O) groups excluding carboxylic acids is 2. The van der Waals surface area contributed by atoms with Crippen LogP contribution in [0.4, 0.5) is 0 Å². The molecule has 2 fully saturated rings. The van der Waals surface area contributed by atoms with Crippen LogP contribution in [0.2, 0.25) is 0 Å². The van der Waals surface area contributed by atoms with Crippen LogP contribution in [-0.2, 0) is 15.0 Å². The minimum Gasteiger partial charge on any atom is -0.340 e. The molecule has 2 saturated heterocycles. The summed E-state index contributed by atoms with van der Waals surface area (Å²) in [5.41, 5.74) is 2.61. The van der Waals surface area contributed by atoms with Crippen molar-refractivity contribution in [3.63, 3.8) is 0 Å². The van der Waals surface area contributed by atoms with Gasteiger partial charge >= 0.3 is 0 Å². The first-order valence-electron chi connectivity index (χ1n) is 10.5. The van der Waals surface area contributed by atoms with E-state index in [1.165, 1.54) is 8.61 Å². The Morgan fingerprint density at radius 2 is 1.43 bits per heavy atom. The number of nitrogens with zero attached hydrogens (tertiary/aromatic N) is 4. The lowest BCUT2D eigenvalue weighted by Gasteiger charge is -2.39. The van der Waals surface area contributed by atoms with Crippen molar-refractivity contribution in [3.8, 4) is 0 Å². The van der Waals surface area contributed by atoms with Crippen LogP contribution in [-0.4, -0.2) is 97.9 Å². The highest BCUT2D eigenvalue weighted by Gasteiger charge is 2.34. The molecule has 166 valence electrons. The molecule has 0 saturated carbocycles. The Labute approximate surface area is 179 Å². The Morgan fingerprint density at radius 1 is 0.867 bits per heavy atom. The Balaban J connectivity index is 1.49. The molecular formula is C21H32N4O4S. The van der Waals surface area contributed by atoms with E-state index in [9.17, 15) is 18.0 Å². The second-order valence-electron chi connectivity index (χ2n) is 8.23. The molecule has 0 bridgehead atoms. The lowest BCUT2D eigenvalue weighted by Crippen LogP contribution is -2.57. The Kier molecular flexibility index (Phi) is 7.28. The fourth-order valence-electron chi connectivity index (χ4n) is 3.90. The molecule has 1 aromatic rings. The van der Waals surface area contributed by atoms with Gasteiger partial charge in [-0.2, -0.15) is 17.0 Å². The van der Waals surface area contributed by atoms with Gasteiger partial charge in [-0.15, -0.1) is 0 Å².